The number of rotatable bonds is 6. The molecule has 3 aromatic rings. The van der Waals surface area contributed by atoms with Crippen LogP contribution < -0.4 is 5.32 Å². The summed E-state index contributed by atoms with van der Waals surface area (Å²) in [4.78, 5) is 15.1. The summed E-state index contributed by atoms with van der Waals surface area (Å²) in [6.45, 7) is 0.601. The molecule has 1 amide bonds. The predicted molar refractivity (Wildman–Crippen MR) is 89.7 cm³/mol. The number of aromatic nitrogens is 1. The van der Waals surface area contributed by atoms with Gasteiger partial charge in [0.15, 0.2) is 0 Å². The largest absolute Gasteiger partial charge is 0.361 e. The molecule has 23 heavy (non-hydrogen) atoms. The van der Waals surface area contributed by atoms with Gasteiger partial charge in [-0.2, -0.15) is 0 Å². The van der Waals surface area contributed by atoms with Gasteiger partial charge in [-0.3, -0.25) is 4.79 Å². The van der Waals surface area contributed by atoms with Crippen LogP contribution >= 0.6 is 0 Å². The summed E-state index contributed by atoms with van der Waals surface area (Å²) in [6.07, 6.45) is 3.70. The molecule has 4 heteroatoms. The summed E-state index contributed by atoms with van der Waals surface area (Å²) in [5.74, 6) is -0.267. The average Bonchev–Trinajstić information content (AvgIpc) is 2.97. The van der Waals surface area contributed by atoms with Crippen molar-refractivity contribution in [2.75, 3.05) is 6.54 Å². The van der Waals surface area contributed by atoms with Crippen LogP contribution in [0.15, 0.2) is 54.7 Å². The Hall–Kier alpha value is -2.62. The van der Waals surface area contributed by atoms with Crippen molar-refractivity contribution in [3.8, 4) is 0 Å². The van der Waals surface area contributed by atoms with Crippen molar-refractivity contribution in [2.45, 2.75) is 19.3 Å². The number of aromatic amines is 1. The van der Waals surface area contributed by atoms with E-state index in [1.807, 2.05) is 30.5 Å². The number of hydrogen-bond donors (Lipinski definition) is 2. The fourth-order valence-electron chi connectivity index (χ4n) is 2.71. The maximum atomic E-state index is 13.1. The van der Waals surface area contributed by atoms with Gasteiger partial charge in [0.05, 0.1) is 0 Å². The number of benzene rings is 2. The van der Waals surface area contributed by atoms with E-state index in [2.05, 4.69) is 16.4 Å². The molecule has 0 saturated carbocycles. The van der Waals surface area contributed by atoms with Gasteiger partial charge >= 0.3 is 0 Å². The second-order valence-electron chi connectivity index (χ2n) is 5.59. The number of hydrogen-bond acceptors (Lipinski definition) is 1. The summed E-state index contributed by atoms with van der Waals surface area (Å²) in [7, 11) is 0. The number of halogens is 1. The summed E-state index contributed by atoms with van der Waals surface area (Å²) >= 11 is 0. The Labute approximate surface area is 134 Å². The smallest absolute Gasteiger partial charge is 0.220 e. The molecule has 0 fully saturated rings. The molecule has 0 bridgehead atoms. The highest BCUT2D eigenvalue weighted by atomic mass is 19.1. The zero-order chi connectivity index (χ0) is 16.1. The van der Waals surface area contributed by atoms with Gasteiger partial charge in [-0.05, 0) is 42.2 Å². The molecule has 0 aliphatic carbocycles. The first kappa shape index (κ1) is 15.3. The van der Waals surface area contributed by atoms with Crippen molar-refractivity contribution in [2.24, 2.45) is 0 Å². The number of H-pyrrole nitrogens is 1. The second kappa shape index (κ2) is 7.09. The Morgan fingerprint density at radius 1 is 1.09 bits per heavy atom. The van der Waals surface area contributed by atoms with Crippen LogP contribution in [0.4, 0.5) is 4.39 Å². The Morgan fingerprint density at radius 3 is 2.83 bits per heavy atom. The molecule has 0 unspecified atom stereocenters. The van der Waals surface area contributed by atoms with Crippen molar-refractivity contribution < 1.29 is 9.18 Å². The molecule has 3 rings (SSSR count). The number of aryl methyl sites for hydroxylation is 1. The van der Waals surface area contributed by atoms with Crippen LogP contribution in [-0.2, 0) is 17.6 Å². The van der Waals surface area contributed by atoms with E-state index in [0.29, 0.717) is 19.4 Å². The van der Waals surface area contributed by atoms with Crippen LogP contribution in [0.1, 0.15) is 17.5 Å². The first-order chi connectivity index (χ1) is 11.2. The Kier molecular flexibility index (Phi) is 4.71. The van der Waals surface area contributed by atoms with E-state index in [4.69, 9.17) is 0 Å². The lowest BCUT2D eigenvalue weighted by Crippen LogP contribution is -2.25. The maximum Gasteiger partial charge on any atom is 0.220 e. The molecule has 3 nitrogen and oxygen atoms in total. The molecule has 0 aliphatic heterocycles. The van der Waals surface area contributed by atoms with Crippen LogP contribution in [0, 0.1) is 5.82 Å². The molecule has 0 aliphatic rings. The van der Waals surface area contributed by atoms with E-state index in [1.165, 1.54) is 23.1 Å². The number of carbonyl (C=O) groups excluding carboxylic acids is 1. The number of para-hydroxylation sites is 1. The van der Waals surface area contributed by atoms with Crippen molar-refractivity contribution in [3.05, 3.63) is 71.7 Å². The summed E-state index contributed by atoms with van der Waals surface area (Å²) in [5, 5.41) is 4.12. The van der Waals surface area contributed by atoms with E-state index >= 15 is 0 Å². The van der Waals surface area contributed by atoms with Gasteiger partial charge in [0.2, 0.25) is 5.91 Å². The normalized spacial score (nSPS) is 10.8. The first-order valence-corrected chi connectivity index (χ1v) is 7.78. The van der Waals surface area contributed by atoms with E-state index < -0.39 is 0 Å². The number of nitrogens with one attached hydrogen (secondary N) is 2. The SMILES string of the molecule is O=C(CCc1cccc(F)c1)NCCc1c[nH]c2ccccc12. The highest BCUT2D eigenvalue weighted by Gasteiger charge is 2.05. The molecule has 0 saturated heterocycles. The number of fused-ring (bicyclic) bond motifs is 1. The molecule has 2 N–H and O–H groups in total. The Bertz CT molecular complexity index is 810. The van der Waals surface area contributed by atoms with Gasteiger partial charge in [0, 0.05) is 30.1 Å². The molecule has 118 valence electrons. The van der Waals surface area contributed by atoms with Crippen LogP contribution in [0.3, 0.4) is 0 Å². The van der Waals surface area contributed by atoms with E-state index in [-0.39, 0.29) is 11.7 Å². The molecule has 0 atom stereocenters. The van der Waals surface area contributed by atoms with Gasteiger partial charge in [-0.15, -0.1) is 0 Å². The van der Waals surface area contributed by atoms with E-state index in [0.717, 1.165) is 17.5 Å². The minimum atomic E-state index is -0.262. The van der Waals surface area contributed by atoms with Crippen LogP contribution in [0.2, 0.25) is 0 Å². The lowest BCUT2D eigenvalue weighted by atomic mass is 10.1. The topological polar surface area (TPSA) is 44.9 Å². The second-order valence-corrected chi connectivity index (χ2v) is 5.59. The van der Waals surface area contributed by atoms with Gasteiger partial charge in [-0.25, -0.2) is 4.39 Å². The Balaban J connectivity index is 1.46. The zero-order valence-electron chi connectivity index (χ0n) is 12.8. The third-order valence-electron chi connectivity index (χ3n) is 3.92. The van der Waals surface area contributed by atoms with Crippen molar-refractivity contribution in [1.29, 1.82) is 0 Å². The predicted octanol–water partition coefficient (Wildman–Crippen LogP) is 3.60. The molecule has 1 aromatic heterocycles. The highest BCUT2D eigenvalue weighted by Crippen LogP contribution is 2.17. The van der Waals surface area contributed by atoms with Gasteiger partial charge in [-0.1, -0.05) is 30.3 Å². The standard InChI is InChI=1S/C19H19FN2O/c20-16-5-3-4-14(12-16)8-9-19(23)21-11-10-15-13-22-18-7-2-1-6-17(15)18/h1-7,12-13,22H,8-11H2,(H,21,23). The zero-order valence-corrected chi connectivity index (χ0v) is 12.8. The van der Waals surface area contributed by atoms with Gasteiger partial charge in [0.1, 0.15) is 5.82 Å². The average molecular weight is 310 g/mol. The van der Waals surface area contributed by atoms with E-state index in [9.17, 15) is 9.18 Å². The van der Waals surface area contributed by atoms with Gasteiger partial charge < -0.3 is 10.3 Å². The summed E-state index contributed by atoms with van der Waals surface area (Å²) < 4.78 is 13.1. The lowest BCUT2D eigenvalue weighted by molar-refractivity contribution is -0.121. The fraction of sp³-hybridized carbons (Fsp3) is 0.211. The molecule has 0 spiro atoms. The Morgan fingerprint density at radius 2 is 1.96 bits per heavy atom. The monoisotopic (exact) mass is 310 g/mol. The molecule has 2 aromatic carbocycles. The third-order valence-corrected chi connectivity index (χ3v) is 3.92. The van der Waals surface area contributed by atoms with Crippen molar-refractivity contribution >= 4 is 16.8 Å². The lowest BCUT2D eigenvalue weighted by Gasteiger charge is -2.05. The minimum Gasteiger partial charge on any atom is -0.361 e. The van der Waals surface area contributed by atoms with E-state index in [1.54, 1.807) is 6.07 Å². The summed E-state index contributed by atoms with van der Waals surface area (Å²) in [5.41, 5.74) is 3.16. The number of amides is 1. The highest BCUT2D eigenvalue weighted by molar-refractivity contribution is 5.83. The minimum absolute atomic E-state index is 0.00546. The van der Waals surface area contributed by atoms with Crippen LogP contribution in [-0.4, -0.2) is 17.4 Å². The number of carbonyl (C=O) groups is 1. The van der Waals surface area contributed by atoms with Crippen molar-refractivity contribution in [3.63, 3.8) is 0 Å². The van der Waals surface area contributed by atoms with Crippen LogP contribution in [0.25, 0.3) is 10.9 Å². The molecule has 1 heterocycles. The fourth-order valence-corrected chi connectivity index (χ4v) is 2.71. The van der Waals surface area contributed by atoms with Gasteiger partial charge in [0.25, 0.3) is 0 Å². The van der Waals surface area contributed by atoms with Crippen LogP contribution in [0.5, 0.6) is 0 Å². The first-order valence-electron chi connectivity index (χ1n) is 7.78. The maximum absolute atomic E-state index is 13.1. The quantitative estimate of drug-likeness (QED) is 0.718. The molecular formula is C19H19FN2O. The summed E-state index contributed by atoms with van der Waals surface area (Å²) in [6, 6.07) is 14.5. The third kappa shape index (κ3) is 3.97. The van der Waals surface area contributed by atoms with Crippen molar-refractivity contribution in [1.82, 2.24) is 10.3 Å². The molecular weight excluding hydrogens is 291 g/mol. The molecule has 0 radical (unpaired) electrons.